The van der Waals surface area contributed by atoms with E-state index in [0.29, 0.717) is 11.7 Å². The highest BCUT2D eigenvalue weighted by atomic mass is 79.9. The Bertz CT molecular complexity index is 770. The molecule has 0 aliphatic carbocycles. The summed E-state index contributed by atoms with van der Waals surface area (Å²) >= 11 is 8.82. The Kier molecular flexibility index (Phi) is 5.99. The van der Waals surface area contributed by atoms with E-state index in [-0.39, 0.29) is 6.79 Å². The third-order valence-corrected chi connectivity index (χ3v) is 4.59. The van der Waals surface area contributed by atoms with Gasteiger partial charge in [0.25, 0.3) is 0 Å². The van der Waals surface area contributed by atoms with Crippen molar-refractivity contribution in [1.29, 1.82) is 0 Å². The quantitative estimate of drug-likeness (QED) is 0.695. The molecule has 0 atom stereocenters. The largest absolute Gasteiger partial charge is 0.496 e. The van der Waals surface area contributed by atoms with Crippen LogP contribution in [-0.2, 0) is 13.0 Å². The van der Waals surface area contributed by atoms with Crippen molar-refractivity contribution in [2.45, 2.75) is 13.0 Å². The molecule has 1 heterocycles. The second-order valence-corrected chi connectivity index (χ2v) is 6.83. The third-order valence-electron chi connectivity index (χ3n) is 3.81. The molecule has 2 N–H and O–H groups in total. The molecule has 0 saturated heterocycles. The van der Waals surface area contributed by atoms with Crippen LogP contribution in [-0.4, -0.2) is 25.6 Å². The van der Waals surface area contributed by atoms with Crippen LogP contribution in [0.25, 0.3) is 0 Å². The molecular weight excluding hydrogens is 404 g/mol. The van der Waals surface area contributed by atoms with Gasteiger partial charge in [0.1, 0.15) is 5.75 Å². The van der Waals surface area contributed by atoms with E-state index in [2.05, 4.69) is 32.6 Å². The molecule has 1 aliphatic heterocycles. The van der Waals surface area contributed by atoms with Gasteiger partial charge in [-0.3, -0.25) is 0 Å². The van der Waals surface area contributed by atoms with Crippen molar-refractivity contribution in [3.8, 4) is 17.2 Å². The molecule has 5 nitrogen and oxygen atoms in total. The summed E-state index contributed by atoms with van der Waals surface area (Å²) in [5.41, 5.74) is 2.21. The third kappa shape index (κ3) is 4.76. The van der Waals surface area contributed by atoms with Gasteiger partial charge in [-0.15, -0.1) is 0 Å². The fourth-order valence-electron chi connectivity index (χ4n) is 2.55. The number of hydrogen-bond donors (Lipinski definition) is 2. The maximum absolute atomic E-state index is 5.38. The minimum Gasteiger partial charge on any atom is -0.496 e. The Morgan fingerprint density at radius 1 is 1.16 bits per heavy atom. The average Bonchev–Trinajstić information content (AvgIpc) is 3.08. The van der Waals surface area contributed by atoms with E-state index in [1.54, 1.807) is 7.11 Å². The summed E-state index contributed by atoms with van der Waals surface area (Å²) in [5.74, 6) is 2.44. The maximum Gasteiger partial charge on any atom is 0.231 e. The van der Waals surface area contributed by atoms with Crippen molar-refractivity contribution in [2.24, 2.45) is 0 Å². The Hall–Kier alpha value is -1.99. The molecule has 0 amide bonds. The molecule has 132 valence electrons. The molecule has 3 rings (SSSR count). The lowest BCUT2D eigenvalue weighted by molar-refractivity contribution is 0.174. The summed E-state index contributed by atoms with van der Waals surface area (Å²) in [6, 6.07) is 11.8. The Morgan fingerprint density at radius 2 is 2.00 bits per heavy atom. The lowest BCUT2D eigenvalue weighted by Gasteiger charge is -2.12. The molecule has 0 unspecified atom stereocenters. The molecule has 2 aromatic rings. The van der Waals surface area contributed by atoms with Crippen molar-refractivity contribution in [2.75, 3.05) is 20.4 Å². The summed E-state index contributed by atoms with van der Waals surface area (Å²) in [6.45, 7) is 1.63. The zero-order chi connectivity index (χ0) is 17.6. The lowest BCUT2D eigenvalue weighted by Crippen LogP contribution is -2.35. The first-order valence-corrected chi connectivity index (χ1v) is 9.08. The van der Waals surface area contributed by atoms with E-state index in [0.717, 1.165) is 45.8 Å². The number of benzene rings is 2. The molecule has 1 aliphatic rings. The van der Waals surface area contributed by atoms with E-state index in [4.69, 9.17) is 26.4 Å². The SMILES string of the molecule is COc1ccc(Br)cc1CCNC(=S)NCc1ccc2c(c1)OCO2. The second-order valence-electron chi connectivity index (χ2n) is 5.50. The van der Waals surface area contributed by atoms with Crippen molar-refractivity contribution < 1.29 is 14.2 Å². The monoisotopic (exact) mass is 422 g/mol. The maximum atomic E-state index is 5.38. The van der Waals surface area contributed by atoms with Crippen LogP contribution in [0.5, 0.6) is 17.2 Å². The van der Waals surface area contributed by atoms with Crippen LogP contribution in [0.3, 0.4) is 0 Å². The minimum atomic E-state index is 0.283. The van der Waals surface area contributed by atoms with E-state index < -0.39 is 0 Å². The van der Waals surface area contributed by atoms with Gasteiger partial charge in [-0.05, 0) is 60.1 Å². The number of hydrogen-bond acceptors (Lipinski definition) is 4. The van der Waals surface area contributed by atoms with Gasteiger partial charge < -0.3 is 24.8 Å². The Morgan fingerprint density at radius 3 is 2.84 bits per heavy atom. The van der Waals surface area contributed by atoms with Gasteiger partial charge in [0.15, 0.2) is 16.6 Å². The Balaban J connectivity index is 1.45. The lowest BCUT2D eigenvalue weighted by atomic mass is 10.1. The molecule has 0 saturated carbocycles. The van der Waals surface area contributed by atoms with E-state index in [1.807, 2.05) is 30.3 Å². The highest BCUT2D eigenvalue weighted by Gasteiger charge is 2.13. The van der Waals surface area contributed by atoms with Gasteiger partial charge in [0.05, 0.1) is 7.11 Å². The zero-order valence-electron chi connectivity index (χ0n) is 13.8. The highest BCUT2D eigenvalue weighted by Crippen LogP contribution is 2.32. The van der Waals surface area contributed by atoms with Crippen LogP contribution in [0.2, 0.25) is 0 Å². The highest BCUT2D eigenvalue weighted by molar-refractivity contribution is 9.10. The summed E-state index contributed by atoms with van der Waals surface area (Å²) in [4.78, 5) is 0. The predicted molar refractivity (Wildman–Crippen MR) is 104 cm³/mol. The first-order valence-electron chi connectivity index (χ1n) is 7.88. The van der Waals surface area contributed by atoms with Gasteiger partial charge in [-0.2, -0.15) is 0 Å². The van der Waals surface area contributed by atoms with Crippen LogP contribution in [0.15, 0.2) is 40.9 Å². The first kappa shape index (κ1) is 17.8. The number of thiocarbonyl (C=S) groups is 1. The van der Waals surface area contributed by atoms with Gasteiger partial charge in [-0.25, -0.2) is 0 Å². The summed E-state index contributed by atoms with van der Waals surface area (Å²) < 4.78 is 17.1. The fraction of sp³-hybridized carbons (Fsp3) is 0.278. The number of fused-ring (bicyclic) bond motifs is 1. The van der Waals surface area contributed by atoms with Crippen LogP contribution in [0.4, 0.5) is 0 Å². The predicted octanol–water partition coefficient (Wildman–Crippen LogP) is 3.39. The van der Waals surface area contributed by atoms with Crippen molar-refractivity contribution in [3.05, 3.63) is 52.0 Å². The molecule has 0 fully saturated rings. The molecule has 0 spiro atoms. The summed E-state index contributed by atoms with van der Waals surface area (Å²) in [5, 5.41) is 7.04. The normalized spacial score (nSPS) is 11.9. The molecule has 0 aromatic heterocycles. The minimum absolute atomic E-state index is 0.283. The van der Waals surface area contributed by atoms with Crippen LogP contribution in [0.1, 0.15) is 11.1 Å². The number of rotatable bonds is 6. The van der Waals surface area contributed by atoms with Gasteiger partial charge in [0.2, 0.25) is 6.79 Å². The van der Waals surface area contributed by atoms with E-state index >= 15 is 0 Å². The van der Waals surface area contributed by atoms with Crippen molar-refractivity contribution in [1.82, 2.24) is 10.6 Å². The summed E-state index contributed by atoms with van der Waals surface area (Å²) in [6.07, 6.45) is 0.814. The fourth-order valence-corrected chi connectivity index (χ4v) is 3.13. The molecule has 7 heteroatoms. The zero-order valence-corrected chi connectivity index (χ0v) is 16.2. The Labute approximate surface area is 160 Å². The molecular formula is C18H19BrN2O3S. The average molecular weight is 423 g/mol. The van der Waals surface area contributed by atoms with Gasteiger partial charge >= 0.3 is 0 Å². The summed E-state index contributed by atoms with van der Waals surface area (Å²) in [7, 11) is 1.68. The molecule has 0 bridgehead atoms. The van der Waals surface area contributed by atoms with E-state index in [9.17, 15) is 0 Å². The first-order chi connectivity index (χ1) is 12.2. The van der Waals surface area contributed by atoms with Gasteiger partial charge in [0, 0.05) is 17.6 Å². The van der Waals surface area contributed by atoms with Gasteiger partial charge in [-0.1, -0.05) is 22.0 Å². The number of ether oxygens (including phenoxy) is 3. The van der Waals surface area contributed by atoms with Crippen LogP contribution < -0.4 is 24.8 Å². The molecule has 0 radical (unpaired) electrons. The molecule has 2 aromatic carbocycles. The number of nitrogens with one attached hydrogen (secondary N) is 2. The van der Waals surface area contributed by atoms with E-state index in [1.165, 1.54) is 0 Å². The van der Waals surface area contributed by atoms with Crippen molar-refractivity contribution >= 4 is 33.3 Å². The van der Waals surface area contributed by atoms with Crippen LogP contribution in [0, 0.1) is 0 Å². The standard InChI is InChI=1S/C18H19BrN2O3S/c1-22-15-5-3-14(19)9-13(15)6-7-20-18(25)21-10-12-2-4-16-17(8-12)24-11-23-16/h2-5,8-9H,6-7,10-11H2,1H3,(H2,20,21,25). The number of halogens is 1. The van der Waals surface area contributed by atoms with Crippen LogP contribution >= 0.6 is 28.1 Å². The smallest absolute Gasteiger partial charge is 0.231 e. The second kappa shape index (κ2) is 8.40. The van der Waals surface area contributed by atoms with Crippen molar-refractivity contribution in [3.63, 3.8) is 0 Å². The topological polar surface area (TPSA) is 51.8 Å². The number of methoxy groups -OCH3 is 1. The molecule has 25 heavy (non-hydrogen) atoms.